The second-order valence-electron chi connectivity index (χ2n) is 6.70. The maximum Gasteiger partial charge on any atom is 0.138 e. The fourth-order valence-electron chi connectivity index (χ4n) is 2.78. The van der Waals surface area contributed by atoms with Crippen molar-refractivity contribution in [2.45, 2.75) is 83.9 Å². The van der Waals surface area contributed by atoms with Gasteiger partial charge in [-0.05, 0) is 44.4 Å². The first-order chi connectivity index (χ1) is 16.0. The van der Waals surface area contributed by atoms with E-state index in [0.717, 1.165) is 28.7 Å². The predicted octanol–water partition coefficient (Wildman–Crippen LogP) is 10.1. The van der Waals surface area contributed by atoms with E-state index in [2.05, 4.69) is 61.8 Å². The monoisotopic (exact) mass is 487 g/mol. The van der Waals surface area contributed by atoms with Gasteiger partial charge in [-0.2, -0.15) is 5.26 Å². The molecule has 182 valence electrons. The van der Waals surface area contributed by atoms with Gasteiger partial charge in [0.15, 0.2) is 0 Å². The van der Waals surface area contributed by atoms with E-state index >= 15 is 0 Å². The normalized spacial score (nSPS) is 11.3. The van der Waals surface area contributed by atoms with Gasteiger partial charge < -0.3 is 4.98 Å². The lowest BCUT2D eigenvalue weighted by Gasteiger charge is -2.09. The van der Waals surface area contributed by atoms with Crippen LogP contribution in [0.15, 0.2) is 66.1 Å². The van der Waals surface area contributed by atoms with Crippen molar-refractivity contribution < 1.29 is 0 Å². The summed E-state index contributed by atoms with van der Waals surface area (Å²) < 4.78 is 0. The molecule has 0 fully saturated rings. The zero-order chi connectivity index (χ0) is 25.6. The highest BCUT2D eigenvalue weighted by Crippen LogP contribution is 2.39. The van der Waals surface area contributed by atoms with E-state index in [0.29, 0.717) is 0 Å². The van der Waals surface area contributed by atoms with Crippen LogP contribution >= 0.6 is 23.4 Å². The third kappa shape index (κ3) is 13.2. The molecule has 2 aromatic rings. The van der Waals surface area contributed by atoms with Crippen molar-refractivity contribution in [2.75, 3.05) is 0 Å². The summed E-state index contributed by atoms with van der Waals surface area (Å²) in [5, 5.41) is 8.48. The molecule has 0 aliphatic heterocycles. The Balaban J connectivity index is 0. The lowest BCUT2D eigenvalue weighted by atomic mass is 10.1. The molecule has 0 bridgehead atoms. The molecule has 2 heterocycles. The molecule has 1 atom stereocenters. The average molecular weight is 488 g/mol. The second kappa shape index (κ2) is 21.6. The van der Waals surface area contributed by atoms with Crippen LogP contribution in [0.5, 0.6) is 0 Å². The van der Waals surface area contributed by atoms with Crippen LogP contribution in [0.1, 0.15) is 79.3 Å². The Bertz CT molecular complexity index is 888. The van der Waals surface area contributed by atoms with Crippen LogP contribution in [-0.2, 0) is 0 Å². The van der Waals surface area contributed by atoms with Crippen LogP contribution in [0.3, 0.4) is 0 Å². The molecule has 2 rings (SSSR count). The van der Waals surface area contributed by atoms with Crippen LogP contribution in [0.2, 0.25) is 0 Å². The number of nitrogens with zero attached hydrogens (tertiary/aromatic N) is 2. The van der Waals surface area contributed by atoms with E-state index in [1.54, 1.807) is 17.8 Å². The SMILES string of the molecule is C=C.C=C(CCCCCC)c1[nH]c2ncccc2c1SC(/C=C\C(C)Cl)=C/C.CC.CC#N. The van der Waals surface area contributed by atoms with Crippen molar-refractivity contribution >= 4 is 40.0 Å². The minimum absolute atomic E-state index is 0.0168. The number of pyridine rings is 1. The molecule has 2 aromatic heterocycles. The number of aromatic amines is 1. The van der Waals surface area contributed by atoms with E-state index in [4.69, 9.17) is 16.9 Å². The summed E-state index contributed by atoms with van der Waals surface area (Å²) >= 11 is 7.82. The van der Waals surface area contributed by atoms with Crippen molar-refractivity contribution in [3.05, 3.63) is 66.9 Å². The number of allylic oxidation sites excluding steroid dienone is 4. The number of thioether (sulfide) groups is 1. The van der Waals surface area contributed by atoms with Crippen molar-refractivity contribution in [2.24, 2.45) is 0 Å². The minimum Gasteiger partial charge on any atom is -0.339 e. The first-order valence-corrected chi connectivity index (χ1v) is 12.9. The van der Waals surface area contributed by atoms with Gasteiger partial charge in [0.05, 0.1) is 11.8 Å². The molecule has 0 aromatic carbocycles. The molecule has 1 N–H and O–H groups in total. The number of rotatable bonds is 10. The lowest BCUT2D eigenvalue weighted by molar-refractivity contribution is 0.678. The Hall–Kier alpha value is -2.22. The number of nitrogens with one attached hydrogen (secondary N) is 1. The van der Waals surface area contributed by atoms with Crippen LogP contribution in [0.4, 0.5) is 0 Å². The van der Waals surface area contributed by atoms with Crippen LogP contribution < -0.4 is 0 Å². The molecule has 0 amide bonds. The molecule has 33 heavy (non-hydrogen) atoms. The number of unbranched alkanes of at least 4 members (excludes halogenated alkanes) is 3. The summed E-state index contributed by atoms with van der Waals surface area (Å²) in [6.07, 6.45) is 14.0. The van der Waals surface area contributed by atoms with Gasteiger partial charge in [-0.3, -0.25) is 0 Å². The highest BCUT2D eigenvalue weighted by Gasteiger charge is 2.16. The van der Waals surface area contributed by atoms with Crippen molar-refractivity contribution in [1.82, 2.24) is 9.97 Å². The Labute approximate surface area is 211 Å². The molecular weight excluding hydrogens is 446 g/mol. The zero-order valence-corrected chi connectivity index (χ0v) is 23.0. The summed E-state index contributed by atoms with van der Waals surface area (Å²) in [6.45, 7) is 22.0. The van der Waals surface area contributed by atoms with E-state index < -0.39 is 0 Å². The third-order valence-electron chi connectivity index (χ3n) is 4.24. The number of H-pyrrole nitrogens is 1. The Morgan fingerprint density at radius 3 is 2.48 bits per heavy atom. The van der Waals surface area contributed by atoms with E-state index in [1.165, 1.54) is 42.4 Å². The van der Waals surface area contributed by atoms with Crippen LogP contribution in [-0.4, -0.2) is 15.3 Å². The third-order valence-corrected chi connectivity index (χ3v) is 5.62. The molecule has 1 unspecified atom stereocenters. The molecule has 0 aliphatic carbocycles. The van der Waals surface area contributed by atoms with E-state index in [9.17, 15) is 0 Å². The summed E-state index contributed by atoms with van der Waals surface area (Å²) in [7, 11) is 0. The number of nitriles is 1. The van der Waals surface area contributed by atoms with Crippen LogP contribution in [0, 0.1) is 11.3 Å². The van der Waals surface area contributed by atoms with Crippen LogP contribution in [0.25, 0.3) is 16.6 Å². The number of halogens is 1. The molecule has 0 radical (unpaired) electrons. The number of aromatic nitrogens is 2. The molecule has 0 aliphatic rings. The fourth-order valence-corrected chi connectivity index (χ4v) is 3.92. The molecule has 0 saturated heterocycles. The Morgan fingerprint density at radius 2 is 1.94 bits per heavy atom. The molecule has 5 heteroatoms. The van der Waals surface area contributed by atoms with Crippen molar-refractivity contribution in [1.29, 1.82) is 5.26 Å². The molecule has 0 spiro atoms. The van der Waals surface area contributed by atoms with Gasteiger partial charge in [-0.1, -0.05) is 76.6 Å². The maximum absolute atomic E-state index is 7.32. The summed E-state index contributed by atoms with van der Waals surface area (Å²) in [4.78, 5) is 10.4. The summed E-state index contributed by atoms with van der Waals surface area (Å²) in [5.74, 6) is 0. The first kappa shape index (κ1) is 33.0. The summed E-state index contributed by atoms with van der Waals surface area (Å²) in [5.41, 5.74) is 3.20. The van der Waals surface area contributed by atoms with Gasteiger partial charge in [-0.15, -0.1) is 24.8 Å². The standard InChI is InChI=1S/C22H29ClN2S.C2H3N.C2H6.C2H4/c1-5-7-8-9-11-16(3)20-21(19-12-10-15-24-22(19)25-20)26-18(6-2)14-13-17(4)23;1-2-3;2*1-2/h6,10,12-15,17H,3,5,7-9,11H2,1-2,4H3,(H,24,25);1H3;1-2H3;1-2H2/b14-13-,18-6+;;;. The number of hydrogen-bond acceptors (Lipinski definition) is 3. The molecule has 3 nitrogen and oxygen atoms in total. The van der Waals surface area contributed by atoms with Gasteiger partial charge >= 0.3 is 0 Å². The van der Waals surface area contributed by atoms with Gasteiger partial charge in [0.1, 0.15) is 5.65 Å². The lowest BCUT2D eigenvalue weighted by Crippen LogP contribution is -1.88. The topological polar surface area (TPSA) is 52.5 Å². The highest BCUT2D eigenvalue weighted by molar-refractivity contribution is 8.03. The Kier molecular flexibility index (Phi) is 21.6. The quantitative estimate of drug-likeness (QED) is 0.119. The van der Waals surface area contributed by atoms with Gasteiger partial charge in [0.2, 0.25) is 0 Å². The average Bonchev–Trinajstić information content (AvgIpc) is 3.20. The predicted molar refractivity (Wildman–Crippen MR) is 152 cm³/mol. The smallest absolute Gasteiger partial charge is 0.138 e. The number of hydrogen-bond donors (Lipinski definition) is 1. The zero-order valence-electron chi connectivity index (χ0n) is 21.4. The van der Waals surface area contributed by atoms with Crippen molar-refractivity contribution in [3.63, 3.8) is 0 Å². The number of alkyl halides is 1. The largest absolute Gasteiger partial charge is 0.339 e. The van der Waals surface area contributed by atoms with Gasteiger partial charge in [-0.25, -0.2) is 4.98 Å². The van der Waals surface area contributed by atoms with E-state index in [1.807, 2.05) is 39.1 Å². The van der Waals surface area contributed by atoms with Gasteiger partial charge in [0, 0.05) is 33.7 Å². The maximum atomic E-state index is 7.32. The van der Waals surface area contributed by atoms with Gasteiger partial charge in [0.25, 0.3) is 0 Å². The van der Waals surface area contributed by atoms with E-state index in [-0.39, 0.29) is 5.38 Å². The Morgan fingerprint density at radius 1 is 1.30 bits per heavy atom. The molecule has 0 saturated carbocycles. The fraction of sp³-hybridized carbons (Fsp3) is 0.429. The van der Waals surface area contributed by atoms with Crippen molar-refractivity contribution in [3.8, 4) is 6.07 Å². The molecular formula is C28H42ClN3S. The second-order valence-corrected chi connectivity index (χ2v) is 8.47. The summed E-state index contributed by atoms with van der Waals surface area (Å²) in [6, 6.07) is 5.86. The first-order valence-electron chi connectivity index (χ1n) is 11.6. The number of fused-ring (bicyclic) bond motifs is 1. The minimum atomic E-state index is 0.0168. The highest BCUT2D eigenvalue weighted by atomic mass is 35.5.